The second-order valence-corrected chi connectivity index (χ2v) is 9.15. The number of aromatic nitrogens is 3. The molecule has 0 bridgehead atoms. The molecule has 4 aromatic rings. The van der Waals surface area contributed by atoms with E-state index in [0.29, 0.717) is 23.1 Å². The molecule has 10 heteroatoms. The Balaban J connectivity index is 1.44. The summed E-state index contributed by atoms with van der Waals surface area (Å²) in [6, 6.07) is 19.4. The lowest BCUT2D eigenvalue weighted by Gasteiger charge is -2.13. The normalized spacial score (nSPS) is 11.7. The number of thiophene rings is 1. The van der Waals surface area contributed by atoms with E-state index in [4.69, 9.17) is 4.74 Å². The van der Waals surface area contributed by atoms with Crippen LogP contribution in [0, 0.1) is 5.82 Å². The van der Waals surface area contributed by atoms with E-state index in [0.717, 1.165) is 22.3 Å². The Bertz CT molecular complexity index is 1260. The minimum absolute atomic E-state index is 0.0925. The summed E-state index contributed by atoms with van der Waals surface area (Å²) in [5.74, 6) is -1.14. The Morgan fingerprint density at radius 3 is 2.59 bits per heavy atom. The van der Waals surface area contributed by atoms with Gasteiger partial charge in [0.15, 0.2) is 17.1 Å². The Morgan fingerprint density at radius 1 is 1.09 bits per heavy atom. The van der Waals surface area contributed by atoms with Crippen molar-refractivity contribution in [1.82, 2.24) is 20.1 Å². The average Bonchev–Trinajstić information content (AvgIpc) is 3.52. The van der Waals surface area contributed by atoms with Crippen molar-refractivity contribution in [2.75, 3.05) is 5.75 Å². The minimum atomic E-state index is -0.936. The zero-order valence-corrected chi connectivity index (χ0v) is 19.8. The summed E-state index contributed by atoms with van der Waals surface area (Å²) in [5, 5.41) is 13.4. The van der Waals surface area contributed by atoms with Crippen molar-refractivity contribution < 1.29 is 18.7 Å². The van der Waals surface area contributed by atoms with Crippen molar-refractivity contribution in [1.29, 1.82) is 0 Å². The maximum Gasteiger partial charge on any atom is 0.317 e. The molecule has 0 radical (unpaired) electrons. The van der Waals surface area contributed by atoms with E-state index in [9.17, 15) is 14.0 Å². The van der Waals surface area contributed by atoms with Gasteiger partial charge in [0.05, 0.1) is 17.9 Å². The summed E-state index contributed by atoms with van der Waals surface area (Å²) in [4.78, 5) is 25.6. The zero-order valence-electron chi connectivity index (χ0n) is 18.2. The van der Waals surface area contributed by atoms with Gasteiger partial charge in [0, 0.05) is 10.6 Å². The van der Waals surface area contributed by atoms with Crippen LogP contribution >= 0.6 is 23.1 Å². The summed E-state index contributed by atoms with van der Waals surface area (Å²) in [5.41, 5.74) is 1.02. The molecule has 1 amide bonds. The average molecular weight is 497 g/mol. The molecule has 0 spiro atoms. The summed E-state index contributed by atoms with van der Waals surface area (Å²) in [6.45, 7) is 1.90. The van der Waals surface area contributed by atoms with Crippen LogP contribution in [0.1, 0.15) is 11.8 Å². The van der Waals surface area contributed by atoms with E-state index in [-0.39, 0.29) is 11.7 Å². The van der Waals surface area contributed by atoms with Crippen LogP contribution in [-0.2, 0) is 20.9 Å². The lowest BCUT2D eigenvalue weighted by molar-refractivity contribution is -0.152. The SMILES string of the molecule is CC(OC(=O)CSc1nnc(-c2ccccc2F)n1-c1ccccc1)C(=O)NCc1cccs1. The van der Waals surface area contributed by atoms with Gasteiger partial charge in [0.25, 0.3) is 5.91 Å². The number of ether oxygens (including phenoxy) is 1. The Kier molecular flexibility index (Phi) is 7.71. The lowest BCUT2D eigenvalue weighted by atomic mass is 10.2. The molecule has 2 heterocycles. The molecule has 2 aromatic heterocycles. The number of benzene rings is 2. The van der Waals surface area contributed by atoms with Gasteiger partial charge in [-0.1, -0.05) is 48.2 Å². The maximum atomic E-state index is 14.5. The van der Waals surface area contributed by atoms with Crippen molar-refractivity contribution in [3.8, 4) is 17.1 Å². The number of para-hydroxylation sites is 1. The van der Waals surface area contributed by atoms with E-state index in [2.05, 4.69) is 15.5 Å². The van der Waals surface area contributed by atoms with Crippen LogP contribution in [0.2, 0.25) is 0 Å². The molecule has 0 aliphatic heterocycles. The molecule has 0 saturated carbocycles. The molecule has 1 unspecified atom stereocenters. The first kappa shape index (κ1) is 23.7. The summed E-state index contributed by atoms with van der Waals surface area (Å²) < 4.78 is 21.4. The number of amides is 1. The Hall–Kier alpha value is -3.50. The molecular formula is C24H21FN4O3S2. The van der Waals surface area contributed by atoms with Crippen molar-refractivity contribution in [3.05, 3.63) is 82.8 Å². The van der Waals surface area contributed by atoms with Gasteiger partial charge in [-0.3, -0.25) is 14.2 Å². The highest BCUT2D eigenvalue weighted by Crippen LogP contribution is 2.29. The van der Waals surface area contributed by atoms with Gasteiger partial charge < -0.3 is 10.1 Å². The third kappa shape index (κ3) is 5.70. The number of nitrogens with zero attached hydrogens (tertiary/aromatic N) is 3. The van der Waals surface area contributed by atoms with Gasteiger partial charge in [-0.15, -0.1) is 21.5 Å². The van der Waals surface area contributed by atoms with Gasteiger partial charge in [0.2, 0.25) is 0 Å². The van der Waals surface area contributed by atoms with Crippen LogP contribution in [0.15, 0.2) is 77.3 Å². The van der Waals surface area contributed by atoms with Crippen molar-refractivity contribution in [2.45, 2.75) is 24.7 Å². The fourth-order valence-electron chi connectivity index (χ4n) is 3.13. The van der Waals surface area contributed by atoms with E-state index in [1.54, 1.807) is 22.8 Å². The van der Waals surface area contributed by atoms with E-state index in [1.165, 1.54) is 24.3 Å². The molecule has 4 rings (SSSR count). The van der Waals surface area contributed by atoms with Crippen LogP contribution in [0.3, 0.4) is 0 Å². The monoisotopic (exact) mass is 496 g/mol. The molecule has 1 atom stereocenters. The molecular weight excluding hydrogens is 475 g/mol. The van der Waals surface area contributed by atoms with Crippen LogP contribution in [-0.4, -0.2) is 38.5 Å². The summed E-state index contributed by atoms with van der Waals surface area (Å²) in [7, 11) is 0. The molecule has 0 aliphatic carbocycles. The van der Waals surface area contributed by atoms with E-state index < -0.39 is 17.9 Å². The van der Waals surface area contributed by atoms with Gasteiger partial charge >= 0.3 is 5.97 Å². The second kappa shape index (κ2) is 11.1. The molecule has 1 N–H and O–H groups in total. The first-order chi connectivity index (χ1) is 16.5. The van der Waals surface area contributed by atoms with E-state index in [1.807, 2.05) is 47.8 Å². The van der Waals surface area contributed by atoms with Gasteiger partial charge in [-0.05, 0) is 42.6 Å². The number of thioether (sulfide) groups is 1. The quantitative estimate of drug-likeness (QED) is 0.272. The zero-order chi connectivity index (χ0) is 23.9. The standard InChI is InChI=1S/C24H21FN4O3S2/c1-16(23(31)26-14-18-10-7-13-33-18)32-21(30)15-34-24-28-27-22(19-11-5-6-12-20(19)25)29(24)17-8-3-2-4-9-17/h2-13,16H,14-15H2,1H3,(H,26,31). The van der Waals surface area contributed by atoms with Crippen LogP contribution in [0.25, 0.3) is 17.1 Å². The highest BCUT2D eigenvalue weighted by atomic mass is 32.2. The second-order valence-electron chi connectivity index (χ2n) is 7.17. The number of nitrogens with one attached hydrogen (secondary N) is 1. The first-order valence-electron chi connectivity index (χ1n) is 10.4. The molecule has 0 aliphatic rings. The number of esters is 1. The van der Waals surface area contributed by atoms with Crippen molar-refractivity contribution >= 4 is 35.0 Å². The number of carbonyl (C=O) groups excluding carboxylic acids is 2. The van der Waals surface area contributed by atoms with Crippen LogP contribution in [0.5, 0.6) is 0 Å². The number of halogens is 1. The Morgan fingerprint density at radius 2 is 1.85 bits per heavy atom. The fourth-order valence-corrected chi connectivity index (χ4v) is 4.51. The molecule has 34 heavy (non-hydrogen) atoms. The molecule has 7 nitrogen and oxygen atoms in total. The third-order valence-electron chi connectivity index (χ3n) is 4.78. The third-order valence-corrected chi connectivity index (χ3v) is 6.55. The van der Waals surface area contributed by atoms with Crippen molar-refractivity contribution in [2.24, 2.45) is 0 Å². The topological polar surface area (TPSA) is 86.1 Å². The summed E-state index contributed by atoms with van der Waals surface area (Å²) in [6.07, 6.45) is -0.936. The predicted octanol–water partition coefficient (Wildman–Crippen LogP) is 4.48. The summed E-state index contributed by atoms with van der Waals surface area (Å²) >= 11 is 2.63. The maximum absolute atomic E-state index is 14.5. The molecule has 2 aromatic carbocycles. The Labute approximate surface area is 204 Å². The van der Waals surface area contributed by atoms with Crippen LogP contribution in [0.4, 0.5) is 4.39 Å². The number of hydrogen-bond donors (Lipinski definition) is 1. The van der Waals surface area contributed by atoms with Crippen molar-refractivity contribution in [3.63, 3.8) is 0 Å². The smallest absolute Gasteiger partial charge is 0.317 e. The number of rotatable bonds is 9. The fraction of sp³-hybridized carbons (Fsp3) is 0.167. The minimum Gasteiger partial charge on any atom is -0.452 e. The molecule has 0 fully saturated rings. The number of carbonyl (C=O) groups is 2. The van der Waals surface area contributed by atoms with E-state index >= 15 is 0 Å². The highest BCUT2D eigenvalue weighted by molar-refractivity contribution is 7.99. The van der Waals surface area contributed by atoms with Gasteiger partial charge in [-0.25, -0.2) is 4.39 Å². The molecule has 0 saturated heterocycles. The predicted molar refractivity (Wildman–Crippen MR) is 129 cm³/mol. The van der Waals surface area contributed by atoms with Crippen LogP contribution < -0.4 is 5.32 Å². The first-order valence-corrected chi connectivity index (χ1v) is 12.3. The highest BCUT2D eigenvalue weighted by Gasteiger charge is 2.21. The lowest BCUT2D eigenvalue weighted by Crippen LogP contribution is -2.35. The number of hydrogen-bond acceptors (Lipinski definition) is 7. The largest absolute Gasteiger partial charge is 0.452 e. The van der Waals surface area contributed by atoms with Gasteiger partial charge in [-0.2, -0.15) is 0 Å². The molecule has 174 valence electrons. The van der Waals surface area contributed by atoms with Gasteiger partial charge in [0.1, 0.15) is 5.82 Å².